The van der Waals surface area contributed by atoms with Crippen LogP contribution in [0.25, 0.3) is 0 Å². The Hall–Kier alpha value is -1.81. The molecular formula is C17H26N2O2. The molecule has 0 aromatic heterocycles. The second-order valence-electron chi connectivity index (χ2n) is 5.08. The molecule has 0 radical (unpaired) electrons. The largest absolute Gasteiger partial charge is 0.484 e. The Morgan fingerprint density at radius 2 is 2.10 bits per heavy atom. The molecule has 0 aliphatic carbocycles. The second-order valence-corrected chi connectivity index (χ2v) is 5.08. The molecule has 1 unspecified atom stereocenters. The summed E-state index contributed by atoms with van der Waals surface area (Å²) in [6, 6.07) is 8.36. The molecule has 0 saturated heterocycles. The summed E-state index contributed by atoms with van der Waals surface area (Å²) in [5.41, 5.74) is 1.26. The van der Waals surface area contributed by atoms with Crippen LogP contribution in [0, 0.1) is 0 Å². The first-order valence-electron chi connectivity index (χ1n) is 7.48. The van der Waals surface area contributed by atoms with Gasteiger partial charge in [0.1, 0.15) is 5.75 Å². The lowest BCUT2D eigenvalue weighted by Crippen LogP contribution is -2.29. The van der Waals surface area contributed by atoms with Crippen molar-refractivity contribution in [1.82, 2.24) is 10.6 Å². The van der Waals surface area contributed by atoms with Crippen molar-refractivity contribution >= 4 is 5.91 Å². The monoisotopic (exact) mass is 290 g/mol. The summed E-state index contributed by atoms with van der Waals surface area (Å²) in [6.45, 7) is 9.43. The van der Waals surface area contributed by atoms with Gasteiger partial charge in [0.05, 0.1) is 0 Å². The Balaban J connectivity index is 2.36. The first-order chi connectivity index (χ1) is 10.2. The van der Waals surface area contributed by atoms with Crippen molar-refractivity contribution in [3.63, 3.8) is 0 Å². The highest BCUT2D eigenvalue weighted by Crippen LogP contribution is 2.13. The molecule has 2 N–H and O–H groups in total. The fourth-order valence-electron chi connectivity index (χ4n) is 1.92. The fraction of sp³-hybridized carbons (Fsp3) is 0.471. The van der Waals surface area contributed by atoms with E-state index in [1.807, 2.05) is 24.3 Å². The number of carbonyl (C=O) groups excluding carboxylic acids is 1. The van der Waals surface area contributed by atoms with Crippen molar-refractivity contribution in [1.29, 1.82) is 0 Å². The molecule has 0 fully saturated rings. The highest BCUT2D eigenvalue weighted by Gasteiger charge is 2.04. The number of hydrogen-bond acceptors (Lipinski definition) is 3. The highest BCUT2D eigenvalue weighted by molar-refractivity contribution is 5.77. The Labute approximate surface area is 127 Å². The van der Waals surface area contributed by atoms with E-state index in [1.165, 1.54) is 5.56 Å². The van der Waals surface area contributed by atoms with Crippen LogP contribution in [-0.4, -0.2) is 31.6 Å². The van der Waals surface area contributed by atoms with Crippen molar-refractivity contribution in [2.45, 2.75) is 32.7 Å². The molecule has 0 spiro atoms. The minimum absolute atomic E-state index is 0.0294. The van der Waals surface area contributed by atoms with E-state index >= 15 is 0 Å². The quantitative estimate of drug-likeness (QED) is 0.650. The normalized spacial score (nSPS) is 11.7. The zero-order valence-electron chi connectivity index (χ0n) is 13.0. The molecule has 0 heterocycles. The summed E-state index contributed by atoms with van der Waals surface area (Å²) in [5.74, 6) is 0.568. The maximum atomic E-state index is 11.4. The SMILES string of the molecule is C=CCNC(=O)COc1ccc(CC(C)NCCC)cc1. The van der Waals surface area contributed by atoms with Gasteiger partial charge in [-0.15, -0.1) is 6.58 Å². The summed E-state index contributed by atoms with van der Waals surface area (Å²) < 4.78 is 5.43. The average molecular weight is 290 g/mol. The van der Waals surface area contributed by atoms with E-state index in [0.29, 0.717) is 18.3 Å². The van der Waals surface area contributed by atoms with Gasteiger partial charge in [0.2, 0.25) is 0 Å². The number of carbonyl (C=O) groups is 1. The third-order valence-electron chi connectivity index (χ3n) is 3.02. The number of rotatable bonds is 10. The third-order valence-corrected chi connectivity index (χ3v) is 3.02. The lowest BCUT2D eigenvalue weighted by Gasteiger charge is -2.13. The molecule has 4 heteroatoms. The molecule has 1 rings (SSSR count). The molecule has 1 aromatic carbocycles. The van der Waals surface area contributed by atoms with E-state index < -0.39 is 0 Å². The third kappa shape index (κ3) is 7.51. The molecular weight excluding hydrogens is 264 g/mol. The zero-order chi connectivity index (χ0) is 15.5. The summed E-state index contributed by atoms with van der Waals surface area (Å²) in [7, 11) is 0. The molecule has 1 atom stereocenters. The van der Waals surface area contributed by atoms with Crippen LogP contribution in [0.3, 0.4) is 0 Å². The van der Waals surface area contributed by atoms with Gasteiger partial charge in [0.25, 0.3) is 5.91 Å². The molecule has 0 aliphatic rings. The maximum absolute atomic E-state index is 11.4. The lowest BCUT2D eigenvalue weighted by atomic mass is 10.1. The van der Waals surface area contributed by atoms with Gasteiger partial charge in [-0.25, -0.2) is 0 Å². The van der Waals surface area contributed by atoms with Crippen LogP contribution in [0.1, 0.15) is 25.8 Å². The van der Waals surface area contributed by atoms with Crippen molar-refractivity contribution in [3.05, 3.63) is 42.5 Å². The smallest absolute Gasteiger partial charge is 0.258 e. The van der Waals surface area contributed by atoms with Crippen LogP contribution in [0.4, 0.5) is 0 Å². The second kappa shape index (κ2) is 10.00. The highest BCUT2D eigenvalue weighted by atomic mass is 16.5. The minimum Gasteiger partial charge on any atom is -0.484 e. The number of nitrogens with one attached hydrogen (secondary N) is 2. The van der Waals surface area contributed by atoms with Crippen LogP contribution in [0.2, 0.25) is 0 Å². The molecule has 1 aromatic rings. The predicted octanol–water partition coefficient (Wildman–Crippen LogP) is 2.30. The van der Waals surface area contributed by atoms with Crippen molar-refractivity contribution in [2.75, 3.05) is 19.7 Å². The molecule has 0 saturated carbocycles. The van der Waals surface area contributed by atoms with Crippen molar-refractivity contribution in [3.8, 4) is 5.75 Å². The predicted molar refractivity (Wildman–Crippen MR) is 86.6 cm³/mol. The Bertz CT molecular complexity index is 429. The van der Waals surface area contributed by atoms with Gasteiger partial charge in [-0.1, -0.05) is 25.1 Å². The van der Waals surface area contributed by atoms with Crippen LogP contribution >= 0.6 is 0 Å². The van der Waals surface area contributed by atoms with Crippen LogP contribution in [0.5, 0.6) is 5.75 Å². The van der Waals surface area contributed by atoms with Gasteiger partial charge >= 0.3 is 0 Å². The van der Waals surface area contributed by atoms with Gasteiger partial charge in [-0.3, -0.25) is 4.79 Å². The standard InChI is InChI=1S/C17H26N2O2/c1-4-10-18-14(3)12-15-6-8-16(9-7-15)21-13-17(20)19-11-5-2/h5-9,14,18H,2,4,10-13H2,1,3H3,(H,19,20). The minimum atomic E-state index is -0.142. The van der Waals surface area contributed by atoms with E-state index in [9.17, 15) is 4.79 Å². The number of benzene rings is 1. The molecule has 21 heavy (non-hydrogen) atoms. The fourth-order valence-corrected chi connectivity index (χ4v) is 1.92. The zero-order valence-corrected chi connectivity index (χ0v) is 13.0. The average Bonchev–Trinajstić information content (AvgIpc) is 2.50. The Morgan fingerprint density at radius 1 is 1.38 bits per heavy atom. The van der Waals surface area contributed by atoms with E-state index in [4.69, 9.17) is 4.74 Å². The van der Waals surface area contributed by atoms with Crippen LogP contribution in [0.15, 0.2) is 36.9 Å². The summed E-state index contributed by atoms with van der Waals surface area (Å²) in [4.78, 5) is 11.4. The van der Waals surface area contributed by atoms with E-state index in [2.05, 4.69) is 31.1 Å². The van der Waals surface area contributed by atoms with Gasteiger partial charge in [-0.05, 0) is 44.0 Å². The van der Waals surface area contributed by atoms with Crippen molar-refractivity contribution in [2.24, 2.45) is 0 Å². The summed E-state index contributed by atoms with van der Waals surface area (Å²) >= 11 is 0. The van der Waals surface area contributed by atoms with E-state index in [-0.39, 0.29) is 12.5 Å². The number of hydrogen-bond donors (Lipinski definition) is 2. The molecule has 116 valence electrons. The van der Waals surface area contributed by atoms with Gasteiger partial charge < -0.3 is 15.4 Å². The first-order valence-corrected chi connectivity index (χ1v) is 7.48. The van der Waals surface area contributed by atoms with E-state index in [0.717, 1.165) is 19.4 Å². The number of ether oxygens (including phenoxy) is 1. The van der Waals surface area contributed by atoms with Gasteiger partial charge in [-0.2, -0.15) is 0 Å². The lowest BCUT2D eigenvalue weighted by molar-refractivity contribution is -0.122. The first kappa shape index (κ1) is 17.2. The molecule has 0 aliphatic heterocycles. The van der Waals surface area contributed by atoms with Gasteiger partial charge in [0, 0.05) is 12.6 Å². The Morgan fingerprint density at radius 3 is 2.71 bits per heavy atom. The van der Waals surface area contributed by atoms with E-state index in [1.54, 1.807) is 6.08 Å². The van der Waals surface area contributed by atoms with Crippen LogP contribution in [-0.2, 0) is 11.2 Å². The topological polar surface area (TPSA) is 50.4 Å². The summed E-state index contributed by atoms with van der Waals surface area (Å²) in [5, 5.41) is 6.13. The molecule has 4 nitrogen and oxygen atoms in total. The van der Waals surface area contributed by atoms with Gasteiger partial charge in [0.15, 0.2) is 6.61 Å². The summed E-state index contributed by atoms with van der Waals surface area (Å²) in [6.07, 6.45) is 3.77. The van der Waals surface area contributed by atoms with Crippen LogP contribution < -0.4 is 15.4 Å². The molecule has 0 bridgehead atoms. The van der Waals surface area contributed by atoms with Crippen molar-refractivity contribution < 1.29 is 9.53 Å². The Kier molecular flexibility index (Phi) is 8.21. The molecule has 1 amide bonds. The number of amides is 1. The maximum Gasteiger partial charge on any atom is 0.258 e.